The monoisotopic (exact) mass is 377 g/mol. The number of ether oxygens (including phenoxy) is 1. The van der Waals surface area contributed by atoms with Crippen LogP contribution in [0.4, 0.5) is 5.69 Å². The highest BCUT2D eigenvalue weighted by Crippen LogP contribution is 2.24. The normalized spacial score (nSPS) is 10.2. The van der Waals surface area contributed by atoms with Gasteiger partial charge in [0.2, 0.25) is 0 Å². The molecule has 0 aliphatic rings. The van der Waals surface area contributed by atoms with E-state index < -0.39 is 18.5 Å². The molecule has 120 valence electrons. The van der Waals surface area contributed by atoms with Crippen molar-refractivity contribution in [3.63, 3.8) is 0 Å². The zero-order valence-electron chi connectivity index (χ0n) is 12.7. The number of rotatable bonds is 4. The molecule has 5 nitrogen and oxygen atoms in total. The van der Waals surface area contributed by atoms with Crippen molar-refractivity contribution in [1.29, 1.82) is 0 Å². The number of phenolic OH excluding ortho intramolecular Hbond substituents is 1. The number of para-hydroxylation sites is 1. The van der Waals surface area contributed by atoms with Crippen LogP contribution in [0.3, 0.4) is 0 Å². The predicted molar refractivity (Wildman–Crippen MR) is 90.6 cm³/mol. The summed E-state index contributed by atoms with van der Waals surface area (Å²) < 4.78 is 5.68. The van der Waals surface area contributed by atoms with Crippen LogP contribution in [0.15, 0.2) is 40.9 Å². The number of esters is 1. The van der Waals surface area contributed by atoms with Crippen LogP contribution in [0.2, 0.25) is 0 Å². The number of benzene rings is 2. The number of nitrogens with one attached hydrogen (secondary N) is 1. The molecule has 0 saturated carbocycles. The van der Waals surface area contributed by atoms with Gasteiger partial charge in [0.05, 0.1) is 5.69 Å². The molecule has 0 aromatic heterocycles. The molecule has 0 aliphatic carbocycles. The summed E-state index contributed by atoms with van der Waals surface area (Å²) in [7, 11) is 0. The molecule has 6 heteroatoms. The van der Waals surface area contributed by atoms with E-state index in [1.165, 1.54) is 6.07 Å². The van der Waals surface area contributed by atoms with Gasteiger partial charge in [0.15, 0.2) is 6.61 Å². The van der Waals surface area contributed by atoms with Crippen molar-refractivity contribution in [3.8, 4) is 5.75 Å². The second-order valence-corrected chi connectivity index (χ2v) is 5.93. The highest BCUT2D eigenvalue weighted by molar-refractivity contribution is 9.10. The molecule has 0 saturated heterocycles. The second kappa shape index (κ2) is 7.28. The Labute approximate surface area is 142 Å². The van der Waals surface area contributed by atoms with Crippen LogP contribution in [-0.2, 0) is 9.53 Å². The fourth-order valence-corrected chi connectivity index (χ4v) is 2.53. The minimum absolute atomic E-state index is 0.0364. The van der Waals surface area contributed by atoms with Gasteiger partial charge in [0, 0.05) is 4.47 Å². The standard InChI is InChI=1S/C17H16BrNO4/c1-10-6-7-14(13(18)8-10)19-15(20)9-23-17(22)12-5-3-4-11(2)16(12)21/h3-8,21H,9H2,1-2H3,(H,19,20). The summed E-state index contributed by atoms with van der Waals surface area (Å²) in [5.74, 6) is -1.35. The van der Waals surface area contributed by atoms with E-state index in [1.54, 1.807) is 25.1 Å². The summed E-state index contributed by atoms with van der Waals surface area (Å²) in [6.45, 7) is 3.17. The number of halogens is 1. The quantitative estimate of drug-likeness (QED) is 0.798. The first kappa shape index (κ1) is 17.0. The van der Waals surface area contributed by atoms with Gasteiger partial charge in [0.25, 0.3) is 5.91 Å². The van der Waals surface area contributed by atoms with Crippen molar-refractivity contribution in [2.75, 3.05) is 11.9 Å². The Balaban J connectivity index is 1.96. The lowest BCUT2D eigenvalue weighted by atomic mass is 10.1. The van der Waals surface area contributed by atoms with E-state index in [2.05, 4.69) is 21.2 Å². The van der Waals surface area contributed by atoms with E-state index in [-0.39, 0.29) is 11.3 Å². The fourth-order valence-electron chi connectivity index (χ4n) is 1.94. The number of carbonyl (C=O) groups excluding carboxylic acids is 2. The molecule has 0 spiro atoms. The van der Waals surface area contributed by atoms with Crippen molar-refractivity contribution in [3.05, 3.63) is 57.6 Å². The zero-order chi connectivity index (χ0) is 17.0. The van der Waals surface area contributed by atoms with Gasteiger partial charge in [-0.05, 0) is 59.1 Å². The Kier molecular flexibility index (Phi) is 5.39. The van der Waals surface area contributed by atoms with Crippen LogP contribution in [0.5, 0.6) is 5.75 Å². The third kappa shape index (κ3) is 4.32. The average Bonchev–Trinajstić information content (AvgIpc) is 2.50. The number of anilines is 1. The SMILES string of the molecule is Cc1ccc(NC(=O)COC(=O)c2cccc(C)c2O)c(Br)c1. The van der Waals surface area contributed by atoms with Gasteiger partial charge in [-0.25, -0.2) is 4.79 Å². The summed E-state index contributed by atoms with van der Waals surface area (Å²) >= 11 is 3.35. The van der Waals surface area contributed by atoms with Crippen molar-refractivity contribution >= 4 is 33.5 Å². The zero-order valence-corrected chi connectivity index (χ0v) is 14.3. The Morgan fingerprint density at radius 3 is 2.65 bits per heavy atom. The summed E-state index contributed by atoms with van der Waals surface area (Å²) in [6, 6.07) is 10.2. The minimum atomic E-state index is -0.746. The molecule has 2 aromatic carbocycles. The number of aromatic hydroxyl groups is 1. The molecular weight excluding hydrogens is 362 g/mol. The van der Waals surface area contributed by atoms with Crippen LogP contribution in [-0.4, -0.2) is 23.6 Å². The predicted octanol–water partition coefficient (Wildman–Crippen LogP) is 3.57. The van der Waals surface area contributed by atoms with Crippen LogP contribution in [0.25, 0.3) is 0 Å². The van der Waals surface area contributed by atoms with E-state index in [9.17, 15) is 14.7 Å². The Bertz CT molecular complexity index is 758. The summed E-state index contributed by atoms with van der Waals surface area (Å²) in [4.78, 5) is 23.8. The third-order valence-electron chi connectivity index (χ3n) is 3.19. The molecular formula is C17H16BrNO4. The number of amides is 1. The number of phenols is 1. The van der Waals surface area contributed by atoms with Crippen LogP contribution in [0, 0.1) is 13.8 Å². The molecule has 0 unspecified atom stereocenters. The molecule has 2 N–H and O–H groups in total. The van der Waals surface area contributed by atoms with Crippen molar-refractivity contribution in [1.82, 2.24) is 0 Å². The van der Waals surface area contributed by atoms with Gasteiger partial charge in [0.1, 0.15) is 11.3 Å². The van der Waals surface area contributed by atoms with E-state index in [1.807, 2.05) is 19.1 Å². The van der Waals surface area contributed by atoms with E-state index in [0.29, 0.717) is 11.3 Å². The van der Waals surface area contributed by atoms with E-state index >= 15 is 0 Å². The van der Waals surface area contributed by atoms with Crippen molar-refractivity contribution < 1.29 is 19.4 Å². The van der Waals surface area contributed by atoms with E-state index in [0.717, 1.165) is 10.0 Å². The molecule has 23 heavy (non-hydrogen) atoms. The molecule has 0 radical (unpaired) electrons. The topological polar surface area (TPSA) is 75.6 Å². The first-order valence-corrected chi connectivity index (χ1v) is 7.69. The highest BCUT2D eigenvalue weighted by Gasteiger charge is 2.15. The highest BCUT2D eigenvalue weighted by atomic mass is 79.9. The van der Waals surface area contributed by atoms with Gasteiger partial charge < -0.3 is 15.2 Å². The van der Waals surface area contributed by atoms with Crippen molar-refractivity contribution in [2.45, 2.75) is 13.8 Å². The molecule has 0 heterocycles. The van der Waals surface area contributed by atoms with Gasteiger partial charge >= 0.3 is 5.97 Å². The average molecular weight is 378 g/mol. The summed E-state index contributed by atoms with van der Waals surface area (Å²) in [5, 5.41) is 12.5. The maximum Gasteiger partial charge on any atom is 0.342 e. The Morgan fingerprint density at radius 2 is 1.96 bits per heavy atom. The molecule has 0 bridgehead atoms. The maximum atomic E-state index is 11.9. The summed E-state index contributed by atoms with van der Waals surface area (Å²) in [6.07, 6.45) is 0. The molecule has 2 rings (SSSR count). The van der Waals surface area contributed by atoms with Gasteiger partial charge in [-0.3, -0.25) is 4.79 Å². The Morgan fingerprint density at radius 1 is 1.22 bits per heavy atom. The van der Waals surface area contributed by atoms with Crippen LogP contribution < -0.4 is 5.32 Å². The van der Waals surface area contributed by atoms with Crippen LogP contribution in [0.1, 0.15) is 21.5 Å². The van der Waals surface area contributed by atoms with Crippen LogP contribution >= 0.6 is 15.9 Å². The fraction of sp³-hybridized carbons (Fsp3) is 0.176. The lowest BCUT2D eigenvalue weighted by molar-refractivity contribution is -0.119. The first-order valence-electron chi connectivity index (χ1n) is 6.90. The lowest BCUT2D eigenvalue weighted by Crippen LogP contribution is -2.21. The largest absolute Gasteiger partial charge is 0.507 e. The van der Waals surface area contributed by atoms with Gasteiger partial charge in [-0.15, -0.1) is 0 Å². The van der Waals surface area contributed by atoms with Gasteiger partial charge in [-0.2, -0.15) is 0 Å². The maximum absolute atomic E-state index is 11.9. The lowest BCUT2D eigenvalue weighted by Gasteiger charge is -2.10. The van der Waals surface area contributed by atoms with E-state index in [4.69, 9.17) is 4.74 Å². The molecule has 0 aliphatic heterocycles. The summed E-state index contributed by atoms with van der Waals surface area (Å²) in [5.41, 5.74) is 2.24. The third-order valence-corrected chi connectivity index (χ3v) is 3.85. The molecule has 0 fully saturated rings. The Hall–Kier alpha value is -2.34. The number of hydrogen-bond acceptors (Lipinski definition) is 4. The first-order chi connectivity index (χ1) is 10.9. The number of carbonyl (C=O) groups is 2. The molecule has 1 amide bonds. The van der Waals surface area contributed by atoms with Crippen molar-refractivity contribution in [2.24, 2.45) is 0 Å². The van der Waals surface area contributed by atoms with Gasteiger partial charge in [-0.1, -0.05) is 18.2 Å². The number of aryl methyl sites for hydroxylation is 2. The minimum Gasteiger partial charge on any atom is -0.507 e. The number of hydrogen-bond donors (Lipinski definition) is 2. The molecule has 2 aromatic rings. The second-order valence-electron chi connectivity index (χ2n) is 5.08. The smallest absolute Gasteiger partial charge is 0.342 e. The molecule has 0 atom stereocenters.